The zero-order valence-corrected chi connectivity index (χ0v) is 13.7. The van der Waals surface area contributed by atoms with E-state index in [4.69, 9.17) is 10.5 Å². The Hall–Kier alpha value is -1.60. The third kappa shape index (κ3) is 4.44. The number of nitrogens with one attached hydrogen (secondary N) is 2. The minimum atomic E-state index is -0.300. The number of ketones is 1. The lowest BCUT2D eigenvalue weighted by molar-refractivity contribution is 0.0869. The van der Waals surface area contributed by atoms with Crippen LogP contribution in [0.5, 0.6) is 0 Å². The molecular weight excluding hydrogens is 290 g/mol. The highest BCUT2D eigenvalue weighted by molar-refractivity contribution is 7.19. The van der Waals surface area contributed by atoms with Crippen LogP contribution in [0.2, 0.25) is 0 Å². The van der Waals surface area contributed by atoms with Crippen LogP contribution < -0.4 is 16.4 Å². The van der Waals surface area contributed by atoms with Crippen LogP contribution in [-0.4, -0.2) is 38.0 Å². The van der Waals surface area contributed by atoms with Crippen LogP contribution in [0.15, 0.2) is 0 Å². The van der Waals surface area contributed by atoms with Gasteiger partial charge in [-0.1, -0.05) is 6.92 Å². The number of thiophene rings is 1. The molecule has 0 spiro atoms. The van der Waals surface area contributed by atoms with E-state index < -0.39 is 0 Å². The van der Waals surface area contributed by atoms with Crippen LogP contribution in [0.3, 0.4) is 0 Å². The van der Waals surface area contributed by atoms with Gasteiger partial charge in [-0.15, -0.1) is 11.3 Å². The molecule has 1 aromatic heterocycles. The molecule has 0 saturated heterocycles. The minimum Gasteiger partial charge on any atom is -0.397 e. The largest absolute Gasteiger partial charge is 0.397 e. The van der Waals surface area contributed by atoms with E-state index in [0.717, 1.165) is 0 Å². The van der Waals surface area contributed by atoms with E-state index in [-0.39, 0.29) is 23.5 Å². The van der Waals surface area contributed by atoms with Gasteiger partial charge in [0, 0.05) is 20.0 Å². The maximum atomic E-state index is 12.0. The van der Waals surface area contributed by atoms with Crippen LogP contribution in [0.1, 0.15) is 47.2 Å². The molecule has 118 valence electrons. The minimum absolute atomic E-state index is 0.0610. The number of rotatable bonds is 8. The van der Waals surface area contributed by atoms with E-state index in [1.165, 1.54) is 18.4 Å². The maximum Gasteiger partial charge on any atom is 0.256 e. The first-order valence-corrected chi connectivity index (χ1v) is 7.76. The Bertz CT molecular complexity index is 512. The van der Waals surface area contributed by atoms with Crippen molar-refractivity contribution in [3.63, 3.8) is 0 Å². The van der Waals surface area contributed by atoms with Crippen LogP contribution in [0, 0.1) is 0 Å². The van der Waals surface area contributed by atoms with Crippen LogP contribution in [0.25, 0.3) is 0 Å². The molecule has 0 unspecified atom stereocenters. The number of nitrogen functional groups attached to an aromatic ring is 1. The number of carbonyl (C=O) groups is 2. The van der Waals surface area contributed by atoms with Gasteiger partial charge in [0.05, 0.1) is 28.8 Å². The monoisotopic (exact) mass is 313 g/mol. The van der Waals surface area contributed by atoms with Crippen molar-refractivity contribution in [1.82, 2.24) is 5.32 Å². The highest BCUT2D eigenvalue weighted by Crippen LogP contribution is 2.36. The molecule has 0 saturated carbocycles. The highest BCUT2D eigenvalue weighted by Gasteiger charge is 2.24. The van der Waals surface area contributed by atoms with Crippen molar-refractivity contribution >= 4 is 33.7 Å². The van der Waals surface area contributed by atoms with Gasteiger partial charge >= 0.3 is 0 Å². The fraction of sp³-hybridized carbons (Fsp3) is 0.571. The lowest BCUT2D eigenvalue weighted by Crippen LogP contribution is -2.21. The van der Waals surface area contributed by atoms with Gasteiger partial charge in [-0.2, -0.15) is 0 Å². The van der Waals surface area contributed by atoms with Gasteiger partial charge in [0.15, 0.2) is 5.78 Å². The molecule has 0 atom stereocenters. The van der Waals surface area contributed by atoms with Crippen molar-refractivity contribution in [2.45, 2.75) is 33.3 Å². The summed E-state index contributed by atoms with van der Waals surface area (Å²) in [5.74, 6) is -0.361. The second kappa shape index (κ2) is 7.99. The fourth-order valence-electron chi connectivity index (χ4n) is 1.75. The molecule has 6 nitrogen and oxygen atoms in total. The summed E-state index contributed by atoms with van der Waals surface area (Å²) in [5, 5.41) is 6.28. The average molecular weight is 313 g/mol. The number of hydrogen-bond donors (Lipinski definition) is 3. The van der Waals surface area contributed by atoms with E-state index in [9.17, 15) is 9.59 Å². The zero-order chi connectivity index (χ0) is 16.0. The molecule has 1 aromatic rings. The van der Waals surface area contributed by atoms with E-state index in [0.29, 0.717) is 35.0 Å². The zero-order valence-electron chi connectivity index (χ0n) is 12.9. The molecule has 1 rings (SSSR count). The van der Waals surface area contributed by atoms with Gasteiger partial charge in [-0.25, -0.2) is 0 Å². The predicted molar refractivity (Wildman–Crippen MR) is 86.3 cm³/mol. The lowest BCUT2D eigenvalue weighted by Gasteiger charge is -2.09. The normalized spacial score (nSPS) is 10.7. The summed E-state index contributed by atoms with van der Waals surface area (Å²) >= 11 is 1.22. The van der Waals surface area contributed by atoms with Gasteiger partial charge in [0.25, 0.3) is 5.91 Å². The van der Waals surface area contributed by atoms with Crippen molar-refractivity contribution < 1.29 is 14.3 Å². The smallest absolute Gasteiger partial charge is 0.256 e. The summed E-state index contributed by atoms with van der Waals surface area (Å²) < 4.78 is 5.44. The Labute approximate surface area is 129 Å². The first-order chi connectivity index (χ1) is 9.92. The molecule has 4 N–H and O–H groups in total. The van der Waals surface area contributed by atoms with Crippen LogP contribution in [0.4, 0.5) is 10.7 Å². The number of nitrogens with two attached hydrogens (primary N) is 1. The second-order valence-electron chi connectivity index (χ2n) is 4.75. The number of ether oxygens (including phenoxy) is 1. The first-order valence-electron chi connectivity index (χ1n) is 6.95. The van der Waals surface area contributed by atoms with Gasteiger partial charge in [-0.3, -0.25) is 9.59 Å². The van der Waals surface area contributed by atoms with Crippen molar-refractivity contribution in [3.05, 3.63) is 10.4 Å². The summed E-state index contributed by atoms with van der Waals surface area (Å²) in [7, 11) is 1.53. The molecule has 0 aliphatic rings. The number of Topliss-reactive ketones (excluding diaryl/α,β-unsaturated/α-hetero) is 1. The van der Waals surface area contributed by atoms with E-state index in [1.54, 1.807) is 6.92 Å². The number of anilines is 2. The number of hydrogen-bond acceptors (Lipinski definition) is 6. The standard InChI is InChI=1S/C14H23N3O3S/c1-5-9(18)12-11(15)10(13(19)16-4)14(21-12)17-6-7-20-8(2)3/h8,17H,5-7,15H2,1-4H3,(H,16,19). The summed E-state index contributed by atoms with van der Waals surface area (Å²) in [6.45, 7) is 6.74. The Morgan fingerprint density at radius 1 is 1.38 bits per heavy atom. The third-order valence-electron chi connectivity index (χ3n) is 2.81. The van der Waals surface area contributed by atoms with Crippen molar-refractivity contribution in [2.75, 3.05) is 31.2 Å². The number of amides is 1. The molecule has 1 heterocycles. The molecule has 21 heavy (non-hydrogen) atoms. The molecule has 0 aliphatic carbocycles. The SMILES string of the molecule is CCC(=O)c1sc(NCCOC(C)C)c(C(=O)NC)c1N. The predicted octanol–water partition coefficient (Wildman–Crippen LogP) is 2.12. The fourth-order valence-corrected chi connectivity index (χ4v) is 2.90. The average Bonchev–Trinajstić information content (AvgIpc) is 2.78. The van der Waals surface area contributed by atoms with Gasteiger partial charge in [0.2, 0.25) is 0 Å². The Kier molecular flexibility index (Phi) is 6.64. The molecule has 0 bridgehead atoms. The van der Waals surface area contributed by atoms with Crippen molar-refractivity contribution in [3.8, 4) is 0 Å². The Balaban J connectivity index is 2.95. The molecule has 7 heteroatoms. The molecule has 0 aliphatic heterocycles. The molecule has 0 radical (unpaired) electrons. The van der Waals surface area contributed by atoms with Crippen LogP contribution in [-0.2, 0) is 4.74 Å². The van der Waals surface area contributed by atoms with Gasteiger partial charge in [0.1, 0.15) is 5.00 Å². The maximum absolute atomic E-state index is 12.0. The third-order valence-corrected chi connectivity index (χ3v) is 4.02. The summed E-state index contributed by atoms with van der Waals surface area (Å²) in [6.07, 6.45) is 0.504. The van der Waals surface area contributed by atoms with Gasteiger partial charge < -0.3 is 21.1 Å². The first kappa shape index (κ1) is 17.5. The second-order valence-corrected chi connectivity index (χ2v) is 5.77. The molecule has 1 amide bonds. The topological polar surface area (TPSA) is 93.4 Å². The van der Waals surface area contributed by atoms with Crippen molar-refractivity contribution in [2.24, 2.45) is 0 Å². The molecular formula is C14H23N3O3S. The summed E-state index contributed by atoms with van der Waals surface area (Å²) in [6, 6.07) is 0. The highest BCUT2D eigenvalue weighted by atomic mass is 32.1. The Morgan fingerprint density at radius 3 is 2.57 bits per heavy atom. The van der Waals surface area contributed by atoms with E-state index in [2.05, 4.69) is 10.6 Å². The molecule has 0 fully saturated rings. The summed E-state index contributed by atoms with van der Waals surface area (Å²) in [5.41, 5.74) is 6.55. The lowest BCUT2D eigenvalue weighted by atomic mass is 10.1. The van der Waals surface area contributed by atoms with E-state index >= 15 is 0 Å². The van der Waals surface area contributed by atoms with Crippen LogP contribution >= 0.6 is 11.3 Å². The van der Waals surface area contributed by atoms with Crippen molar-refractivity contribution in [1.29, 1.82) is 0 Å². The van der Waals surface area contributed by atoms with E-state index in [1.807, 2.05) is 13.8 Å². The molecule has 0 aromatic carbocycles. The quantitative estimate of drug-likeness (QED) is 0.505. The Morgan fingerprint density at radius 2 is 2.05 bits per heavy atom. The number of carbonyl (C=O) groups excluding carboxylic acids is 2. The van der Waals surface area contributed by atoms with Gasteiger partial charge in [-0.05, 0) is 13.8 Å². The summed E-state index contributed by atoms with van der Waals surface area (Å²) in [4.78, 5) is 24.3.